The average Bonchev–Trinajstić information content (AvgIpc) is 2.96. The molecule has 2 aromatic carbocycles. The first-order valence-corrected chi connectivity index (χ1v) is 14.0. The summed E-state index contributed by atoms with van der Waals surface area (Å²) < 4.78 is 54.4. The molecule has 1 heterocycles. The third kappa shape index (κ3) is 8.54. The van der Waals surface area contributed by atoms with Gasteiger partial charge in [0, 0.05) is 18.0 Å². The van der Waals surface area contributed by atoms with Crippen LogP contribution in [0.1, 0.15) is 72.6 Å². The molecule has 4 atom stereocenters. The maximum Gasteiger partial charge on any atom is 0.348 e. The van der Waals surface area contributed by atoms with E-state index in [0.29, 0.717) is 35.5 Å². The van der Waals surface area contributed by atoms with E-state index in [0.717, 1.165) is 31.2 Å². The van der Waals surface area contributed by atoms with Crippen molar-refractivity contribution in [1.82, 2.24) is 9.97 Å². The molecule has 0 saturated carbocycles. The summed E-state index contributed by atoms with van der Waals surface area (Å²) in [6, 6.07) is 13.7. The monoisotopic (exact) mass is 556 g/mol. The minimum atomic E-state index is -2.04. The Morgan fingerprint density at radius 2 is 1.57 bits per heavy atom. The number of hydrogen-bond acceptors (Lipinski definition) is 5. The number of carbonyl (C=O) groups is 1. The number of ether oxygens (including phenoxy) is 2. The summed E-state index contributed by atoms with van der Waals surface area (Å²) in [5.74, 6) is 0.121. The van der Waals surface area contributed by atoms with Crippen molar-refractivity contribution in [2.24, 2.45) is 0 Å². The van der Waals surface area contributed by atoms with Crippen molar-refractivity contribution >= 4 is 5.97 Å². The molecular formula is C32H39F3N2O3. The molecule has 3 aromatic rings. The fourth-order valence-electron chi connectivity index (χ4n) is 4.25. The van der Waals surface area contributed by atoms with Crippen LogP contribution in [0, 0.1) is 0 Å². The van der Waals surface area contributed by atoms with Gasteiger partial charge in [-0.25, -0.2) is 27.9 Å². The second-order valence-corrected chi connectivity index (χ2v) is 10.3. The quantitative estimate of drug-likeness (QED) is 0.106. The molecule has 1 aromatic heterocycles. The average molecular weight is 557 g/mol. The van der Waals surface area contributed by atoms with E-state index in [2.05, 4.69) is 16.9 Å². The number of rotatable bonds is 15. The van der Waals surface area contributed by atoms with Gasteiger partial charge in [0.15, 0.2) is 12.0 Å². The summed E-state index contributed by atoms with van der Waals surface area (Å²) in [7, 11) is 0. The van der Waals surface area contributed by atoms with Gasteiger partial charge in [-0.15, -0.1) is 0 Å². The molecule has 0 spiro atoms. The number of hydrogen-bond donors (Lipinski definition) is 0. The highest BCUT2D eigenvalue weighted by Gasteiger charge is 2.34. The van der Waals surface area contributed by atoms with E-state index in [-0.39, 0.29) is 12.2 Å². The standard InChI is InChI=1S/C32H39F3N2O3/c1-5-7-9-14-28(29(34)22(3)33)40-27-13-11-10-12-26(27)30-36-20-24(21-37-30)23-15-17-25(18-16-23)39-31(38)32(4,35)19-8-6-2/h10-13,15-18,20-22,28-29H,5-9,14,19H2,1-4H3. The molecule has 0 radical (unpaired) electrons. The summed E-state index contributed by atoms with van der Waals surface area (Å²) in [5.41, 5.74) is 0.0279. The first kappa shape index (κ1) is 31.1. The highest BCUT2D eigenvalue weighted by atomic mass is 19.2. The van der Waals surface area contributed by atoms with Gasteiger partial charge in [-0.1, -0.05) is 57.4 Å². The van der Waals surface area contributed by atoms with Crippen molar-refractivity contribution in [3.05, 3.63) is 60.9 Å². The number of benzene rings is 2. The third-order valence-electron chi connectivity index (χ3n) is 6.77. The Morgan fingerprint density at radius 3 is 2.20 bits per heavy atom. The number of alkyl halides is 3. The summed E-state index contributed by atoms with van der Waals surface area (Å²) in [5, 5.41) is 0. The molecule has 0 amide bonds. The topological polar surface area (TPSA) is 61.3 Å². The van der Waals surface area contributed by atoms with Crippen molar-refractivity contribution in [1.29, 1.82) is 0 Å². The number of carbonyl (C=O) groups excluding carboxylic acids is 1. The lowest BCUT2D eigenvalue weighted by Gasteiger charge is -2.24. The van der Waals surface area contributed by atoms with Gasteiger partial charge in [0.1, 0.15) is 23.8 Å². The van der Waals surface area contributed by atoms with Crippen LogP contribution in [0.4, 0.5) is 13.2 Å². The zero-order valence-electron chi connectivity index (χ0n) is 23.7. The van der Waals surface area contributed by atoms with Crippen molar-refractivity contribution in [3.8, 4) is 34.0 Å². The molecule has 0 aliphatic rings. The highest BCUT2D eigenvalue weighted by Crippen LogP contribution is 2.32. The molecule has 0 saturated heterocycles. The summed E-state index contributed by atoms with van der Waals surface area (Å²) in [6.07, 6.45) is 3.51. The normalized spacial score (nSPS) is 15.1. The molecule has 0 aliphatic heterocycles. The fraction of sp³-hybridized carbons (Fsp3) is 0.469. The molecule has 0 N–H and O–H groups in total. The Balaban J connectivity index is 1.74. The number of halogens is 3. The van der Waals surface area contributed by atoms with Crippen LogP contribution in [0.25, 0.3) is 22.5 Å². The minimum absolute atomic E-state index is 0.112. The lowest BCUT2D eigenvalue weighted by atomic mass is 10.0. The van der Waals surface area contributed by atoms with Crippen molar-refractivity contribution in [2.75, 3.05) is 0 Å². The number of para-hydroxylation sites is 1. The van der Waals surface area contributed by atoms with Crippen LogP contribution in [0.3, 0.4) is 0 Å². The predicted molar refractivity (Wildman–Crippen MR) is 152 cm³/mol. The molecular weight excluding hydrogens is 517 g/mol. The molecule has 0 fully saturated rings. The predicted octanol–water partition coefficient (Wildman–Crippen LogP) is 8.66. The van der Waals surface area contributed by atoms with Gasteiger partial charge in [-0.3, -0.25) is 0 Å². The van der Waals surface area contributed by atoms with Gasteiger partial charge >= 0.3 is 5.97 Å². The van der Waals surface area contributed by atoms with E-state index in [1.54, 1.807) is 60.9 Å². The second kappa shape index (κ2) is 14.8. The first-order chi connectivity index (χ1) is 19.2. The van der Waals surface area contributed by atoms with E-state index in [4.69, 9.17) is 9.47 Å². The van der Waals surface area contributed by atoms with Gasteiger partial charge < -0.3 is 9.47 Å². The molecule has 40 heavy (non-hydrogen) atoms. The van der Waals surface area contributed by atoms with Crippen LogP contribution in [-0.2, 0) is 4.79 Å². The Bertz CT molecular complexity index is 1200. The van der Waals surface area contributed by atoms with E-state index in [9.17, 15) is 18.0 Å². The molecule has 3 rings (SSSR count). The highest BCUT2D eigenvalue weighted by molar-refractivity contribution is 5.81. The second-order valence-electron chi connectivity index (χ2n) is 10.3. The van der Waals surface area contributed by atoms with Crippen LogP contribution in [0.2, 0.25) is 0 Å². The number of unbranched alkanes of at least 4 members (excludes halogenated alkanes) is 3. The summed E-state index contributed by atoms with van der Waals surface area (Å²) >= 11 is 0. The number of aromatic nitrogens is 2. The van der Waals surface area contributed by atoms with Crippen LogP contribution >= 0.6 is 0 Å². The smallest absolute Gasteiger partial charge is 0.348 e. The van der Waals surface area contributed by atoms with Crippen LogP contribution < -0.4 is 9.47 Å². The maximum atomic E-state index is 14.7. The zero-order chi connectivity index (χ0) is 29.1. The van der Waals surface area contributed by atoms with E-state index in [1.807, 2.05) is 6.92 Å². The number of nitrogens with zero attached hydrogens (tertiary/aromatic N) is 2. The Labute approximate surface area is 235 Å². The van der Waals surface area contributed by atoms with Crippen molar-refractivity contribution in [3.63, 3.8) is 0 Å². The first-order valence-electron chi connectivity index (χ1n) is 14.0. The van der Waals surface area contributed by atoms with Crippen molar-refractivity contribution in [2.45, 2.75) is 96.8 Å². The Kier molecular flexibility index (Phi) is 11.5. The van der Waals surface area contributed by atoms with Crippen LogP contribution in [-0.4, -0.2) is 40.1 Å². The summed E-state index contributed by atoms with van der Waals surface area (Å²) in [4.78, 5) is 21.2. The van der Waals surface area contributed by atoms with Gasteiger partial charge in [0.25, 0.3) is 0 Å². The van der Waals surface area contributed by atoms with Gasteiger partial charge in [0.05, 0.1) is 5.56 Å². The molecule has 4 unspecified atom stereocenters. The SMILES string of the molecule is CCCCCC(Oc1ccccc1-c1ncc(-c2ccc(OC(=O)C(C)(F)CCCC)cc2)cn1)C(F)C(C)F. The van der Waals surface area contributed by atoms with E-state index in [1.165, 1.54) is 13.8 Å². The Hall–Kier alpha value is -3.42. The van der Waals surface area contributed by atoms with Gasteiger partial charge in [-0.2, -0.15) is 0 Å². The van der Waals surface area contributed by atoms with E-state index < -0.39 is 30.1 Å². The van der Waals surface area contributed by atoms with E-state index >= 15 is 0 Å². The van der Waals surface area contributed by atoms with Crippen LogP contribution in [0.5, 0.6) is 11.5 Å². The van der Waals surface area contributed by atoms with Crippen LogP contribution in [0.15, 0.2) is 60.9 Å². The molecule has 216 valence electrons. The zero-order valence-corrected chi connectivity index (χ0v) is 23.7. The van der Waals surface area contributed by atoms with Gasteiger partial charge in [0.2, 0.25) is 5.67 Å². The number of esters is 1. The van der Waals surface area contributed by atoms with Crippen molar-refractivity contribution < 1.29 is 27.4 Å². The molecule has 5 nitrogen and oxygen atoms in total. The molecule has 8 heteroatoms. The Morgan fingerprint density at radius 1 is 0.925 bits per heavy atom. The molecule has 0 bridgehead atoms. The molecule has 0 aliphatic carbocycles. The fourth-order valence-corrected chi connectivity index (χ4v) is 4.25. The lowest BCUT2D eigenvalue weighted by molar-refractivity contribution is -0.147. The largest absolute Gasteiger partial charge is 0.487 e. The van der Waals surface area contributed by atoms with Gasteiger partial charge in [-0.05, 0) is 69.4 Å². The maximum absolute atomic E-state index is 14.7. The summed E-state index contributed by atoms with van der Waals surface area (Å²) in [6.45, 7) is 6.43. The third-order valence-corrected chi connectivity index (χ3v) is 6.77. The minimum Gasteiger partial charge on any atom is -0.487 e. The lowest BCUT2D eigenvalue weighted by Crippen LogP contribution is -2.34.